The molecular weight excluding hydrogens is 300 g/mol. The second-order valence-electron chi connectivity index (χ2n) is 7.05. The molecule has 24 heavy (non-hydrogen) atoms. The van der Waals surface area contributed by atoms with Gasteiger partial charge in [0.15, 0.2) is 0 Å². The predicted molar refractivity (Wildman–Crippen MR) is 93.2 cm³/mol. The molecule has 1 heterocycles. The van der Waals surface area contributed by atoms with E-state index in [0.717, 1.165) is 11.1 Å². The van der Waals surface area contributed by atoms with Gasteiger partial charge in [0.05, 0.1) is 0 Å². The lowest BCUT2D eigenvalue weighted by Gasteiger charge is -2.29. The highest BCUT2D eigenvalue weighted by Crippen LogP contribution is 2.36. The number of carbonyl (C=O) groups excluding carboxylic acids is 2. The van der Waals surface area contributed by atoms with E-state index in [4.69, 9.17) is 0 Å². The van der Waals surface area contributed by atoms with Crippen LogP contribution in [0.2, 0.25) is 0 Å². The van der Waals surface area contributed by atoms with Crippen LogP contribution in [0.15, 0.2) is 60.7 Å². The van der Waals surface area contributed by atoms with Crippen LogP contribution in [0.25, 0.3) is 0 Å². The van der Waals surface area contributed by atoms with E-state index in [1.54, 1.807) is 4.90 Å². The molecule has 1 atom stereocenters. The Bertz CT molecular complexity index is 735. The third kappa shape index (κ3) is 2.92. The molecule has 0 N–H and O–H groups in total. The van der Waals surface area contributed by atoms with Crippen molar-refractivity contribution in [1.29, 1.82) is 0 Å². The summed E-state index contributed by atoms with van der Waals surface area (Å²) >= 11 is 0. The maximum absolute atomic E-state index is 13.0. The monoisotopic (exact) mass is 322 g/mol. The summed E-state index contributed by atoms with van der Waals surface area (Å²) in [4.78, 5) is 29.1. The molecule has 4 nitrogen and oxygen atoms in total. The molecule has 0 radical (unpaired) electrons. The summed E-state index contributed by atoms with van der Waals surface area (Å²) in [7, 11) is 0. The second-order valence-corrected chi connectivity index (χ2v) is 7.05. The molecule has 0 bridgehead atoms. The summed E-state index contributed by atoms with van der Waals surface area (Å²) in [5, 5.41) is 0. The van der Waals surface area contributed by atoms with Crippen LogP contribution < -0.4 is 0 Å². The summed E-state index contributed by atoms with van der Waals surface area (Å²) in [6, 6.07) is 18.5. The van der Waals surface area contributed by atoms with Crippen molar-refractivity contribution in [2.75, 3.05) is 0 Å². The zero-order valence-corrected chi connectivity index (χ0v) is 14.3. The van der Waals surface area contributed by atoms with Gasteiger partial charge in [0.1, 0.15) is 6.04 Å². The number of hydrogen-bond donors (Lipinski definition) is 0. The molecule has 1 saturated heterocycles. The summed E-state index contributed by atoms with van der Waals surface area (Å²) in [6.07, 6.45) is 0. The van der Waals surface area contributed by atoms with Crippen LogP contribution in [-0.2, 0) is 11.3 Å². The van der Waals surface area contributed by atoms with E-state index in [1.165, 1.54) is 4.90 Å². The first-order chi connectivity index (χ1) is 11.4. The van der Waals surface area contributed by atoms with Gasteiger partial charge in [-0.15, -0.1) is 0 Å². The molecule has 2 aromatic carbocycles. The Morgan fingerprint density at radius 1 is 0.875 bits per heavy atom. The van der Waals surface area contributed by atoms with Gasteiger partial charge in [-0.05, 0) is 31.9 Å². The van der Waals surface area contributed by atoms with Crippen LogP contribution in [0, 0.1) is 0 Å². The molecule has 2 aromatic rings. The Morgan fingerprint density at radius 2 is 1.42 bits per heavy atom. The minimum Gasteiger partial charge on any atom is -0.304 e. The summed E-state index contributed by atoms with van der Waals surface area (Å²) < 4.78 is 0. The van der Waals surface area contributed by atoms with E-state index in [0.29, 0.717) is 6.54 Å². The number of rotatable bonds is 3. The number of benzene rings is 2. The first-order valence-corrected chi connectivity index (χ1v) is 8.13. The lowest BCUT2D eigenvalue weighted by atomic mass is 10.0. The molecule has 3 amide bonds. The van der Waals surface area contributed by atoms with E-state index in [9.17, 15) is 9.59 Å². The van der Waals surface area contributed by atoms with Crippen molar-refractivity contribution in [3.63, 3.8) is 0 Å². The standard InChI is InChI=1S/C20H22N2O2/c1-20(2,3)22-18(23)17(16-12-8-5-9-13-16)21(19(22)24)14-15-10-6-4-7-11-15/h4-13,17H,14H2,1-3H3. The molecule has 0 aliphatic carbocycles. The van der Waals surface area contributed by atoms with Crippen LogP contribution in [0.5, 0.6) is 0 Å². The van der Waals surface area contributed by atoms with Crippen molar-refractivity contribution >= 4 is 11.9 Å². The smallest absolute Gasteiger partial charge is 0.304 e. The highest BCUT2D eigenvalue weighted by molar-refractivity contribution is 6.05. The van der Waals surface area contributed by atoms with Gasteiger partial charge in [-0.1, -0.05) is 60.7 Å². The van der Waals surface area contributed by atoms with Crippen molar-refractivity contribution in [3.05, 3.63) is 71.8 Å². The highest BCUT2D eigenvalue weighted by atomic mass is 16.2. The zero-order chi connectivity index (χ0) is 17.3. The third-order valence-electron chi connectivity index (χ3n) is 4.18. The van der Waals surface area contributed by atoms with Crippen molar-refractivity contribution in [1.82, 2.24) is 9.80 Å². The van der Waals surface area contributed by atoms with Crippen LogP contribution in [0.3, 0.4) is 0 Å². The van der Waals surface area contributed by atoms with Crippen LogP contribution >= 0.6 is 0 Å². The fraction of sp³-hybridized carbons (Fsp3) is 0.300. The molecule has 1 fully saturated rings. The van der Waals surface area contributed by atoms with E-state index in [1.807, 2.05) is 81.4 Å². The fourth-order valence-electron chi connectivity index (χ4n) is 3.10. The first-order valence-electron chi connectivity index (χ1n) is 8.13. The SMILES string of the molecule is CC(C)(C)N1C(=O)C(c2ccccc2)N(Cc2ccccc2)C1=O. The number of urea groups is 1. The Hall–Kier alpha value is -2.62. The summed E-state index contributed by atoms with van der Waals surface area (Å²) in [5.74, 6) is -0.158. The Morgan fingerprint density at radius 3 is 1.96 bits per heavy atom. The van der Waals surface area contributed by atoms with Gasteiger partial charge < -0.3 is 4.90 Å². The fourth-order valence-corrected chi connectivity index (χ4v) is 3.10. The maximum Gasteiger partial charge on any atom is 0.328 e. The van der Waals surface area contributed by atoms with Gasteiger partial charge in [0, 0.05) is 12.1 Å². The number of imide groups is 1. The number of nitrogens with zero attached hydrogens (tertiary/aromatic N) is 2. The topological polar surface area (TPSA) is 40.6 Å². The third-order valence-corrected chi connectivity index (χ3v) is 4.18. The van der Waals surface area contributed by atoms with Crippen molar-refractivity contribution in [2.24, 2.45) is 0 Å². The minimum atomic E-state index is -0.571. The highest BCUT2D eigenvalue weighted by Gasteiger charge is 2.49. The van der Waals surface area contributed by atoms with E-state index >= 15 is 0 Å². The lowest BCUT2D eigenvalue weighted by molar-refractivity contribution is -0.131. The minimum absolute atomic E-state index is 0.158. The van der Waals surface area contributed by atoms with Crippen molar-refractivity contribution < 1.29 is 9.59 Å². The zero-order valence-electron chi connectivity index (χ0n) is 14.3. The molecular formula is C20H22N2O2. The van der Waals surface area contributed by atoms with E-state index in [-0.39, 0.29) is 11.9 Å². The number of carbonyl (C=O) groups is 2. The molecule has 0 aromatic heterocycles. The van der Waals surface area contributed by atoms with E-state index in [2.05, 4.69) is 0 Å². The largest absolute Gasteiger partial charge is 0.328 e. The second kappa shape index (κ2) is 6.11. The molecule has 3 rings (SSSR count). The van der Waals surface area contributed by atoms with Crippen LogP contribution in [0.4, 0.5) is 4.79 Å². The Balaban J connectivity index is 2.02. The predicted octanol–water partition coefficient (Wildman–Crippen LogP) is 3.99. The number of hydrogen-bond acceptors (Lipinski definition) is 2. The van der Waals surface area contributed by atoms with Crippen LogP contribution in [-0.4, -0.2) is 27.3 Å². The van der Waals surface area contributed by atoms with Crippen LogP contribution in [0.1, 0.15) is 37.9 Å². The molecule has 1 unspecified atom stereocenters. The molecule has 1 aliphatic heterocycles. The molecule has 4 heteroatoms. The van der Waals surface area contributed by atoms with Gasteiger partial charge >= 0.3 is 6.03 Å². The normalized spacial score (nSPS) is 18.4. The Labute approximate surface area is 142 Å². The molecule has 0 saturated carbocycles. The molecule has 0 spiro atoms. The van der Waals surface area contributed by atoms with Crippen molar-refractivity contribution in [3.8, 4) is 0 Å². The van der Waals surface area contributed by atoms with Gasteiger partial charge in [-0.25, -0.2) is 4.79 Å². The summed E-state index contributed by atoms with van der Waals surface area (Å²) in [5.41, 5.74) is 1.31. The average Bonchev–Trinajstić information content (AvgIpc) is 2.79. The van der Waals surface area contributed by atoms with Gasteiger partial charge in [-0.3, -0.25) is 9.69 Å². The quantitative estimate of drug-likeness (QED) is 0.802. The maximum atomic E-state index is 13.0. The Kier molecular flexibility index (Phi) is 4.14. The first kappa shape index (κ1) is 16.2. The number of amides is 3. The van der Waals surface area contributed by atoms with Gasteiger partial charge in [0.25, 0.3) is 5.91 Å². The van der Waals surface area contributed by atoms with Gasteiger partial charge in [-0.2, -0.15) is 0 Å². The average molecular weight is 322 g/mol. The lowest BCUT2D eigenvalue weighted by Crippen LogP contribution is -2.46. The molecule has 124 valence electrons. The van der Waals surface area contributed by atoms with Crippen molar-refractivity contribution in [2.45, 2.75) is 38.9 Å². The summed E-state index contributed by atoms with van der Waals surface area (Å²) in [6.45, 7) is 6.07. The van der Waals surface area contributed by atoms with Gasteiger partial charge in [0.2, 0.25) is 0 Å². The molecule has 1 aliphatic rings. The van der Waals surface area contributed by atoms with E-state index < -0.39 is 11.6 Å².